The fourth-order valence-corrected chi connectivity index (χ4v) is 1.84. The van der Waals surface area contributed by atoms with Crippen LogP contribution in [0.3, 0.4) is 0 Å². The summed E-state index contributed by atoms with van der Waals surface area (Å²) < 4.78 is 0. The summed E-state index contributed by atoms with van der Waals surface area (Å²) >= 11 is 1.74. The Hall–Kier alpha value is -0.300. The quantitative estimate of drug-likeness (QED) is 0.476. The number of hydrogen-bond acceptors (Lipinski definition) is 2. The highest BCUT2D eigenvalue weighted by atomic mass is 127. The fraction of sp³-hybridized carbons (Fsp3) is 0.583. The Morgan fingerprint density at radius 2 is 2.24 bits per heavy atom. The van der Waals surface area contributed by atoms with Crippen molar-refractivity contribution in [1.82, 2.24) is 10.6 Å². The zero-order chi connectivity index (χ0) is 11.8. The van der Waals surface area contributed by atoms with Crippen molar-refractivity contribution in [2.75, 3.05) is 6.54 Å². The van der Waals surface area contributed by atoms with Crippen LogP contribution in [0.25, 0.3) is 0 Å². The Balaban J connectivity index is 0.00000256. The molecule has 0 radical (unpaired) electrons. The van der Waals surface area contributed by atoms with Gasteiger partial charge in [-0.1, -0.05) is 13.0 Å². The topological polar surface area (TPSA) is 36.4 Å². The third-order valence-corrected chi connectivity index (χ3v) is 3.17. The van der Waals surface area contributed by atoms with E-state index in [9.17, 15) is 0 Å². The van der Waals surface area contributed by atoms with Gasteiger partial charge in [-0.25, -0.2) is 4.99 Å². The molecule has 2 N–H and O–H groups in total. The minimum Gasteiger partial charge on any atom is -0.357 e. The van der Waals surface area contributed by atoms with E-state index in [2.05, 4.69) is 53.9 Å². The first-order chi connectivity index (χ1) is 7.76. The van der Waals surface area contributed by atoms with Crippen molar-refractivity contribution in [1.29, 1.82) is 0 Å². The zero-order valence-corrected chi connectivity index (χ0v) is 13.8. The van der Waals surface area contributed by atoms with E-state index in [0.29, 0.717) is 6.04 Å². The van der Waals surface area contributed by atoms with Crippen LogP contribution in [0.4, 0.5) is 0 Å². The second-order valence-corrected chi connectivity index (χ2v) is 4.76. The van der Waals surface area contributed by atoms with Crippen molar-refractivity contribution in [3.63, 3.8) is 0 Å². The van der Waals surface area contributed by atoms with E-state index in [0.717, 1.165) is 25.5 Å². The molecule has 98 valence electrons. The van der Waals surface area contributed by atoms with E-state index in [1.165, 1.54) is 4.88 Å². The van der Waals surface area contributed by atoms with Crippen LogP contribution in [0, 0.1) is 0 Å². The summed E-state index contributed by atoms with van der Waals surface area (Å²) in [6.07, 6.45) is 1.10. The van der Waals surface area contributed by atoms with Gasteiger partial charge in [0.2, 0.25) is 0 Å². The summed E-state index contributed by atoms with van der Waals surface area (Å²) in [5.74, 6) is 0.908. The lowest BCUT2D eigenvalue weighted by atomic mass is 10.3. The number of guanidine groups is 1. The first-order valence-corrected chi connectivity index (χ1v) is 6.71. The van der Waals surface area contributed by atoms with Gasteiger partial charge in [-0.3, -0.25) is 0 Å². The molecule has 1 heterocycles. The van der Waals surface area contributed by atoms with Crippen LogP contribution < -0.4 is 10.6 Å². The van der Waals surface area contributed by atoms with Crippen LogP contribution in [0.5, 0.6) is 0 Å². The fourth-order valence-electron chi connectivity index (χ4n) is 1.21. The van der Waals surface area contributed by atoms with Crippen LogP contribution in [-0.2, 0) is 6.54 Å². The minimum atomic E-state index is 0. The van der Waals surface area contributed by atoms with Crippen LogP contribution in [-0.4, -0.2) is 18.5 Å². The van der Waals surface area contributed by atoms with Gasteiger partial charge in [0.1, 0.15) is 0 Å². The molecule has 0 aliphatic heterocycles. The molecular formula is C12H22IN3S. The maximum atomic E-state index is 4.55. The van der Waals surface area contributed by atoms with Gasteiger partial charge >= 0.3 is 0 Å². The average Bonchev–Trinajstić information content (AvgIpc) is 2.79. The predicted molar refractivity (Wildman–Crippen MR) is 87.4 cm³/mol. The number of hydrogen-bond donors (Lipinski definition) is 2. The molecule has 0 spiro atoms. The minimum absolute atomic E-state index is 0. The number of nitrogens with one attached hydrogen (secondary N) is 2. The van der Waals surface area contributed by atoms with Crippen molar-refractivity contribution >= 4 is 41.3 Å². The van der Waals surface area contributed by atoms with E-state index in [4.69, 9.17) is 0 Å². The van der Waals surface area contributed by atoms with Crippen molar-refractivity contribution in [3.8, 4) is 0 Å². The molecule has 1 aromatic heterocycles. The number of aliphatic imine (C=N–C) groups is 1. The third-order valence-electron chi connectivity index (χ3n) is 2.31. The van der Waals surface area contributed by atoms with Gasteiger partial charge in [0, 0.05) is 17.5 Å². The van der Waals surface area contributed by atoms with Gasteiger partial charge in [0.05, 0.1) is 6.54 Å². The normalized spacial score (nSPS) is 12.8. The molecule has 0 aliphatic carbocycles. The molecule has 1 aromatic rings. The van der Waals surface area contributed by atoms with Crippen molar-refractivity contribution in [2.24, 2.45) is 4.99 Å². The molecule has 1 atom stereocenters. The number of thiophene rings is 1. The molecule has 0 aliphatic rings. The van der Waals surface area contributed by atoms with Gasteiger partial charge in [-0.05, 0) is 31.7 Å². The second-order valence-electron chi connectivity index (χ2n) is 3.73. The maximum absolute atomic E-state index is 4.55. The Kier molecular flexibility index (Phi) is 9.53. The van der Waals surface area contributed by atoms with Crippen molar-refractivity contribution < 1.29 is 0 Å². The zero-order valence-electron chi connectivity index (χ0n) is 10.7. The summed E-state index contributed by atoms with van der Waals surface area (Å²) in [6, 6.07) is 4.63. The molecule has 17 heavy (non-hydrogen) atoms. The molecule has 0 aromatic carbocycles. The standard InChI is InChI=1S/C12H21N3S.HI/c1-4-10(3)15-12(13-5-2)14-9-11-7-6-8-16-11;/h6-8,10H,4-5,9H2,1-3H3,(H2,13,14,15);1H. The van der Waals surface area contributed by atoms with Crippen LogP contribution in [0.1, 0.15) is 32.1 Å². The van der Waals surface area contributed by atoms with Gasteiger partial charge in [-0.2, -0.15) is 0 Å². The Morgan fingerprint density at radius 1 is 1.47 bits per heavy atom. The summed E-state index contributed by atoms with van der Waals surface area (Å²) in [5.41, 5.74) is 0. The first-order valence-electron chi connectivity index (χ1n) is 5.83. The van der Waals surface area contributed by atoms with Crippen molar-refractivity contribution in [2.45, 2.75) is 39.8 Å². The summed E-state index contributed by atoms with van der Waals surface area (Å²) in [5, 5.41) is 8.71. The molecule has 0 saturated heterocycles. The average molecular weight is 367 g/mol. The van der Waals surface area contributed by atoms with Gasteiger partial charge in [0.15, 0.2) is 5.96 Å². The van der Waals surface area contributed by atoms with Gasteiger partial charge < -0.3 is 10.6 Å². The molecule has 1 rings (SSSR count). The molecule has 3 nitrogen and oxygen atoms in total. The molecule has 0 amide bonds. The lowest BCUT2D eigenvalue weighted by Gasteiger charge is -2.15. The highest BCUT2D eigenvalue weighted by Crippen LogP contribution is 2.09. The number of halogens is 1. The predicted octanol–water partition coefficient (Wildman–Crippen LogP) is 3.22. The van der Waals surface area contributed by atoms with Gasteiger partial charge in [-0.15, -0.1) is 35.3 Å². The summed E-state index contributed by atoms with van der Waals surface area (Å²) in [7, 11) is 0. The lowest BCUT2D eigenvalue weighted by molar-refractivity contribution is 0.624. The molecular weight excluding hydrogens is 345 g/mol. The van der Waals surface area contributed by atoms with E-state index in [1.54, 1.807) is 11.3 Å². The Labute approximate surface area is 125 Å². The van der Waals surface area contributed by atoms with Crippen molar-refractivity contribution in [3.05, 3.63) is 22.4 Å². The summed E-state index contributed by atoms with van der Waals surface area (Å²) in [6.45, 7) is 8.06. The second kappa shape index (κ2) is 9.70. The SMILES string of the molecule is CCNC(=NCc1cccs1)NC(C)CC.I. The highest BCUT2D eigenvalue weighted by molar-refractivity contribution is 14.0. The van der Waals surface area contributed by atoms with E-state index >= 15 is 0 Å². The van der Waals surface area contributed by atoms with Crippen LogP contribution >= 0.6 is 35.3 Å². The van der Waals surface area contributed by atoms with Crippen LogP contribution in [0.2, 0.25) is 0 Å². The summed E-state index contributed by atoms with van der Waals surface area (Å²) in [4.78, 5) is 5.84. The first kappa shape index (κ1) is 16.7. The molecule has 0 bridgehead atoms. The largest absolute Gasteiger partial charge is 0.357 e. The Bertz CT molecular complexity index is 312. The van der Waals surface area contributed by atoms with Gasteiger partial charge in [0.25, 0.3) is 0 Å². The molecule has 5 heteroatoms. The van der Waals surface area contributed by atoms with E-state index in [1.807, 2.05) is 0 Å². The Morgan fingerprint density at radius 3 is 2.76 bits per heavy atom. The lowest BCUT2D eigenvalue weighted by Crippen LogP contribution is -2.41. The number of rotatable bonds is 5. The van der Waals surface area contributed by atoms with E-state index in [-0.39, 0.29) is 24.0 Å². The van der Waals surface area contributed by atoms with E-state index < -0.39 is 0 Å². The third kappa shape index (κ3) is 6.88. The molecule has 0 saturated carbocycles. The monoisotopic (exact) mass is 367 g/mol. The highest BCUT2D eigenvalue weighted by Gasteiger charge is 2.02. The van der Waals surface area contributed by atoms with Crippen LogP contribution in [0.15, 0.2) is 22.5 Å². The molecule has 1 unspecified atom stereocenters. The maximum Gasteiger partial charge on any atom is 0.191 e. The smallest absolute Gasteiger partial charge is 0.191 e. The number of nitrogens with zero attached hydrogens (tertiary/aromatic N) is 1. The molecule has 0 fully saturated rings.